The molecule has 2 unspecified atom stereocenters. The number of hydrogen-bond donors (Lipinski definition) is 1. The van der Waals surface area contributed by atoms with Gasteiger partial charge in [-0.2, -0.15) is 0 Å². The van der Waals surface area contributed by atoms with Crippen LogP contribution >= 0.6 is 0 Å². The van der Waals surface area contributed by atoms with Crippen molar-refractivity contribution in [1.82, 2.24) is 0 Å². The first-order valence-corrected chi connectivity index (χ1v) is 29.7. The monoisotopic (exact) mass is 967 g/mol. The van der Waals surface area contributed by atoms with Gasteiger partial charge in [-0.15, -0.1) is 0 Å². The number of carbonyl (C=O) groups excluding carboxylic acids is 2. The van der Waals surface area contributed by atoms with Gasteiger partial charge in [0, 0.05) is 12.8 Å². The predicted molar refractivity (Wildman–Crippen MR) is 286 cm³/mol. The maximum Gasteiger partial charge on any atom is 0.361 e. The molecule has 0 saturated heterocycles. The molecule has 0 aliphatic rings. The standard InChI is InChI=1S/C59H115NO8/c1-6-8-10-12-14-16-18-20-22-24-26-27-28-29-30-31-32-34-36-38-40-42-44-46-48-50-57(62)68-55(54-67-59(58(63)64)65-52-51-60(3,4)5)53-66-56(61)49-47-45-43-41-39-37-35-33-25-23-21-19-17-15-13-11-9-7-2/h55,59H,6-54H2,1-5H3/p+1. The lowest BCUT2D eigenvalue weighted by Gasteiger charge is -2.25. The summed E-state index contributed by atoms with van der Waals surface area (Å²) in [6, 6.07) is 0. The smallest absolute Gasteiger partial charge is 0.361 e. The number of likely N-dealkylation sites (N-methyl/N-ethyl adjacent to an activating group) is 1. The summed E-state index contributed by atoms with van der Waals surface area (Å²) in [5.41, 5.74) is 0. The second-order valence-electron chi connectivity index (χ2n) is 21.7. The highest BCUT2D eigenvalue weighted by atomic mass is 16.7. The van der Waals surface area contributed by atoms with Gasteiger partial charge in [-0.3, -0.25) is 9.59 Å². The Bertz CT molecular complexity index is 1080. The molecular formula is C59H116NO8+. The Morgan fingerprint density at radius 1 is 0.382 bits per heavy atom. The number of carboxylic acids is 1. The van der Waals surface area contributed by atoms with Crippen molar-refractivity contribution < 1.29 is 42.9 Å². The predicted octanol–water partition coefficient (Wildman–Crippen LogP) is 17.2. The van der Waals surface area contributed by atoms with Crippen molar-refractivity contribution in [2.75, 3.05) is 47.5 Å². The molecule has 0 aliphatic heterocycles. The molecule has 0 rings (SSSR count). The van der Waals surface area contributed by atoms with Gasteiger partial charge < -0.3 is 28.5 Å². The fraction of sp³-hybridized carbons (Fsp3) is 0.949. The summed E-state index contributed by atoms with van der Waals surface area (Å²) in [6.07, 6.45) is 54.7. The number of ether oxygens (including phenoxy) is 4. The molecule has 0 bridgehead atoms. The minimum Gasteiger partial charge on any atom is -0.477 e. The average molecular weight is 968 g/mol. The van der Waals surface area contributed by atoms with E-state index in [2.05, 4.69) is 13.8 Å². The first kappa shape index (κ1) is 66.3. The van der Waals surface area contributed by atoms with Crippen LogP contribution in [0, 0.1) is 0 Å². The van der Waals surface area contributed by atoms with E-state index in [4.69, 9.17) is 18.9 Å². The second kappa shape index (κ2) is 51.6. The zero-order valence-corrected chi connectivity index (χ0v) is 46.1. The van der Waals surface area contributed by atoms with Crippen LogP contribution in [0.5, 0.6) is 0 Å². The highest BCUT2D eigenvalue weighted by Gasteiger charge is 2.25. The van der Waals surface area contributed by atoms with Crippen molar-refractivity contribution in [2.24, 2.45) is 0 Å². The van der Waals surface area contributed by atoms with E-state index in [1.807, 2.05) is 21.1 Å². The van der Waals surface area contributed by atoms with Gasteiger partial charge in [-0.25, -0.2) is 4.79 Å². The number of rotatable bonds is 56. The fourth-order valence-electron chi connectivity index (χ4n) is 9.02. The van der Waals surface area contributed by atoms with Crippen molar-refractivity contribution in [3.8, 4) is 0 Å². The van der Waals surface area contributed by atoms with Crippen LogP contribution in [-0.2, 0) is 33.3 Å². The van der Waals surface area contributed by atoms with E-state index in [1.165, 1.54) is 238 Å². The number of carbonyl (C=O) groups is 3. The lowest BCUT2D eigenvalue weighted by Crippen LogP contribution is -2.40. The molecule has 404 valence electrons. The number of unbranched alkanes of at least 4 members (excludes halogenated alkanes) is 41. The van der Waals surface area contributed by atoms with E-state index in [0.29, 0.717) is 17.4 Å². The van der Waals surface area contributed by atoms with Crippen LogP contribution in [0.3, 0.4) is 0 Å². The van der Waals surface area contributed by atoms with Gasteiger partial charge in [-0.05, 0) is 12.8 Å². The molecule has 0 amide bonds. The Hall–Kier alpha value is -1.71. The maximum absolute atomic E-state index is 12.9. The molecule has 0 aromatic rings. The normalized spacial score (nSPS) is 12.7. The number of carboxylic acid groups (broad SMARTS) is 1. The van der Waals surface area contributed by atoms with E-state index in [1.54, 1.807) is 0 Å². The third kappa shape index (κ3) is 52.1. The van der Waals surface area contributed by atoms with E-state index < -0.39 is 18.4 Å². The van der Waals surface area contributed by atoms with Crippen LogP contribution in [0.25, 0.3) is 0 Å². The molecule has 9 heteroatoms. The van der Waals surface area contributed by atoms with Gasteiger partial charge in [-0.1, -0.05) is 277 Å². The molecular weight excluding hydrogens is 851 g/mol. The SMILES string of the molecule is CCCCCCCCCCCCCCCCCCCCCCCCCCCC(=O)OC(COC(=O)CCCCCCCCCCCCCCCCCCCC)COC(OCC[N+](C)(C)C)C(=O)O. The average Bonchev–Trinajstić information content (AvgIpc) is 3.30. The van der Waals surface area contributed by atoms with Crippen molar-refractivity contribution in [3.05, 3.63) is 0 Å². The number of esters is 2. The Kier molecular flexibility index (Phi) is 50.3. The first-order chi connectivity index (χ1) is 33.1. The van der Waals surface area contributed by atoms with Crippen LogP contribution in [0.15, 0.2) is 0 Å². The minimum absolute atomic E-state index is 0.172. The fourth-order valence-corrected chi connectivity index (χ4v) is 9.02. The van der Waals surface area contributed by atoms with Gasteiger partial charge in [0.2, 0.25) is 0 Å². The molecule has 0 aromatic heterocycles. The molecule has 0 heterocycles. The Morgan fingerprint density at radius 3 is 0.941 bits per heavy atom. The molecule has 0 fully saturated rings. The number of hydrogen-bond acceptors (Lipinski definition) is 7. The van der Waals surface area contributed by atoms with Crippen LogP contribution in [0.1, 0.15) is 303 Å². The third-order valence-corrected chi connectivity index (χ3v) is 13.6. The second-order valence-corrected chi connectivity index (χ2v) is 21.7. The van der Waals surface area contributed by atoms with Gasteiger partial charge in [0.05, 0.1) is 34.4 Å². The zero-order valence-electron chi connectivity index (χ0n) is 46.1. The van der Waals surface area contributed by atoms with E-state index in [0.717, 1.165) is 38.5 Å². The summed E-state index contributed by atoms with van der Waals surface area (Å²) < 4.78 is 22.9. The van der Waals surface area contributed by atoms with Gasteiger partial charge in [0.25, 0.3) is 6.29 Å². The summed E-state index contributed by atoms with van der Waals surface area (Å²) in [4.78, 5) is 37.4. The van der Waals surface area contributed by atoms with E-state index >= 15 is 0 Å². The van der Waals surface area contributed by atoms with Gasteiger partial charge >= 0.3 is 17.9 Å². The van der Waals surface area contributed by atoms with E-state index in [-0.39, 0.29) is 38.2 Å². The van der Waals surface area contributed by atoms with E-state index in [9.17, 15) is 19.5 Å². The maximum atomic E-state index is 12.9. The third-order valence-electron chi connectivity index (χ3n) is 13.6. The molecule has 0 radical (unpaired) electrons. The zero-order chi connectivity index (χ0) is 49.9. The van der Waals surface area contributed by atoms with Crippen LogP contribution in [0.4, 0.5) is 0 Å². The molecule has 0 aromatic carbocycles. The Morgan fingerprint density at radius 2 is 0.662 bits per heavy atom. The van der Waals surface area contributed by atoms with Crippen LogP contribution in [0.2, 0.25) is 0 Å². The van der Waals surface area contributed by atoms with Crippen molar-refractivity contribution in [2.45, 2.75) is 315 Å². The summed E-state index contributed by atoms with van der Waals surface area (Å²) in [7, 11) is 5.98. The molecule has 0 saturated carbocycles. The summed E-state index contributed by atoms with van der Waals surface area (Å²) in [6.45, 7) is 4.95. The van der Waals surface area contributed by atoms with Crippen molar-refractivity contribution in [3.63, 3.8) is 0 Å². The highest BCUT2D eigenvalue weighted by Crippen LogP contribution is 2.18. The van der Waals surface area contributed by atoms with Gasteiger partial charge in [0.1, 0.15) is 13.2 Å². The van der Waals surface area contributed by atoms with Crippen molar-refractivity contribution >= 4 is 17.9 Å². The molecule has 9 nitrogen and oxygen atoms in total. The van der Waals surface area contributed by atoms with Crippen LogP contribution < -0.4 is 0 Å². The minimum atomic E-state index is -1.50. The Balaban J connectivity index is 4.16. The first-order valence-electron chi connectivity index (χ1n) is 29.7. The van der Waals surface area contributed by atoms with Crippen LogP contribution in [-0.4, -0.2) is 87.4 Å². The molecule has 1 N–H and O–H groups in total. The number of nitrogens with zero attached hydrogens (tertiary/aromatic N) is 1. The molecule has 0 aliphatic carbocycles. The van der Waals surface area contributed by atoms with Crippen molar-refractivity contribution in [1.29, 1.82) is 0 Å². The summed E-state index contributed by atoms with van der Waals surface area (Å²) in [5.74, 6) is -1.97. The number of quaternary nitrogens is 1. The summed E-state index contributed by atoms with van der Waals surface area (Å²) in [5, 5.41) is 9.70. The molecule has 0 spiro atoms. The molecule has 2 atom stereocenters. The lowest BCUT2D eigenvalue weighted by atomic mass is 10.0. The molecule has 68 heavy (non-hydrogen) atoms. The highest BCUT2D eigenvalue weighted by molar-refractivity contribution is 5.71. The Labute approximate surface area is 422 Å². The number of aliphatic carboxylic acids is 1. The quantitative estimate of drug-likeness (QED) is 0.0278. The van der Waals surface area contributed by atoms with Gasteiger partial charge in [0.15, 0.2) is 6.10 Å². The topological polar surface area (TPSA) is 108 Å². The summed E-state index contributed by atoms with van der Waals surface area (Å²) >= 11 is 0. The largest absolute Gasteiger partial charge is 0.477 e. The lowest BCUT2D eigenvalue weighted by molar-refractivity contribution is -0.870.